The van der Waals surface area contributed by atoms with E-state index in [9.17, 15) is 13.2 Å². The molecule has 2 aromatic rings. The summed E-state index contributed by atoms with van der Waals surface area (Å²) >= 11 is 0. The Bertz CT molecular complexity index is 892. The third kappa shape index (κ3) is 3.45. The van der Waals surface area contributed by atoms with Crippen LogP contribution < -0.4 is 4.74 Å². The third-order valence-corrected chi connectivity index (χ3v) is 6.57. The van der Waals surface area contributed by atoms with Crippen molar-refractivity contribution in [2.45, 2.75) is 17.2 Å². The average Bonchev–Trinajstić information content (AvgIpc) is 3.18. The van der Waals surface area contributed by atoms with Crippen LogP contribution in [-0.2, 0) is 14.8 Å². The zero-order valence-corrected chi connectivity index (χ0v) is 15.5. The second-order valence-corrected chi connectivity index (χ2v) is 8.02. The van der Waals surface area contributed by atoms with Crippen LogP contribution in [0.4, 0.5) is 0 Å². The molecule has 0 aliphatic carbocycles. The Morgan fingerprint density at radius 1 is 1.08 bits per heavy atom. The normalized spacial score (nSPS) is 17.8. The first-order chi connectivity index (χ1) is 12.5. The predicted octanol–water partition coefficient (Wildman–Crippen LogP) is 2.66. The fraction of sp³-hybridized carbons (Fsp3) is 0.316. The molecule has 0 N–H and O–H groups in total. The van der Waals surface area contributed by atoms with Gasteiger partial charge in [-0.3, -0.25) is 0 Å². The van der Waals surface area contributed by atoms with Gasteiger partial charge in [-0.1, -0.05) is 24.3 Å². The lowest BCUT2D eigenvalue weighted by Gasteiger charge is -2.18. The maximum absolute atomic E-state index is 13.1. The van der Waals surface area contributed by atoms with Crippen molar-refractivity contribution in [3.63, 3.8) is 0 Å². The van der Waals surface area contributed by atoms with E-state index in [2.05, 4.69) is 0 Å². The maximum atomic E-state index is 13.1. The Morgan fingerprint density at radius 2 is 1.77 bits per heavy atom. The Labute approximate surface area is 153 Å². The Kier molecular flexibility index (Phi) is 5.29. The van der Waals surface area contributed by atoms with Crippen LogP contribution in [0.5, 0.6) is 5.75 Å². The molecule has 7 heteroatoms. The zero-order chi connectivity index (χ0) is 18.7. The number of hydrogen-bond donors (Lipinski definition) is 0. The number of carbonyl (C=O) groups excluding carboxylic acids is 1. The van der Waals surface area contributed by atoms with E-state index in [1.165, 1.54) is 23.5 Å². The van der Waals surface area contributed by atoms with Gasteiger partial charge in [-0.2, -0.15) is 4.31 Å². The van der Waals surface area contributed by atoms with Crippen molar-refractivity contribution in [3.8, 4) is 5.75 Å². The molecule has 1 aliphatic heterocycles. The lowest BCUT2D eigenvalue weighted by atomic mass is 9.99. The van der Waals surface area contributed by atoms with Gasteiger partial charge in [-0.15, -0.1) is 0 Å². The van der Waals surface area contributed by atoms with Crippen LogP contribution in [0.3, 0.4) is 0 Å². The highest BCUT2D eigenvalue weighted by Crippen LogP contribution is 2.32. The molecule has 1 heterocycles. The number of ether oxygens (including phenoxy) is 2. The van der Waals surface area contributed by atoms with Crippen molar-refractivity contribution in [2.75, 3.05) is 27.3 Å². The van der Waals surface area contributed by atoms with Gasteiger partial charge in [0.1, 0.15) is 5.75 Å². The van der Waals surface area contributed by atoms with Crippen LogP contribution in [0.1, 0.15) is 28.3 Å². The summed E-state index contributed by atoms with van der Waals surface area (Å²) in [5.74, 6) is 0.222. The van der Waals surface area contributed by atoms with Crippen molar-refractivity contribution < 1.29 is 22.7 Å². The minimum Gasteiger partial charge on any atom is -0.497 e. The number of carbonyl (C=O) groups is 1. The van der Waals surface area contributed by atoms with E-state index in [0.717, 1.165) is 17.7 Å². The SMILES string of the molecule is COC(=O)c1ccccc1S(=O)(=O)N1CC[C@@H](c2ccc(OC)cc2)C1. The van der Waals surface area contributed by atoms with Crippen LogP contribution in [-0.4, -0.2) is 46.0 Å². The van der Waals surface area contributed by atoms with E-state index < -0.39 is 16.0 Å². The fourth-order valence-corrected chi connectivity index (χ4v) is 4.88. The van der Waals surface area contributed by atoms with E-state index in [1.54, 1.807) is 19.2 Å². The van der Waals surface area contributed by atoms with Crippen molar-refractivity contribution in [1.82, 2.24) is 4.31 Å². The predicted molar refractivity (Wildman–Crippen MR) is 96.9 cm³/mol. The lowest BCUT2D eigenvalue weighted by molar-refractivity contribution is 0.0596. The molecule has 0 saturated carbocycles. The average molecular weight is 375 g/mol. The smallest absolute Gasteiger partial charge is 0.339 e. The fourth-order valence-electron chi connectivity index (χ4n) is 3.20. The quantitative estimate of drug-likeness (QED) is 0.751. The largest absolute Gasteiger partial charge is 0.497 e. The summed E-state index contributed by atoms with van der Waals surface area (Å²) in [5, 5.41) is 0. The van der Waals surface area contributed by atoms with E-state index >= 15 is 0 Å². The minimum atomic E-state index is -3.77. The summed E-state index contributed by atoms with van der Waals surface area (Å²) in [6.07, 6.45) is 0.728. The van der Waals surface area contributed by atoms with Crippen molar-refractivity contribution >= 4 is 16.0 Å². The Balaban J connectivity index is 1.84. The monoisotopic (exact) mass is 375 g/mol. The van der Waals surface area contributed by atoms with Gasteiger partial charge in [0.15, 0.2) is 0 Å². The molecule has 0 bridgehead atoms. The van der Waals surface area contributed by atoms with Crippen LogP contribution in [0.2, 0.25) is 0 Å². The van der Waals surface area contributed by atoms with Crippen LogP contribution >= 0.6 is 0 Å². The molecule has 0 amide bonds. The minimum absolute atomic E-state index is 0.0118. The molecule has 26 heavy (non-hydrogen) atoms. The summed E-state index contributed by atoms with van der Waals surface area (Å²) in [5.41, 5.74) is 1.13. The first kappa shape index (κ1) is 18.4. The summed E-state index contributed by atoms with van der Waals surface area (Å²) in [7, 11) is -0.924. The van der Waals surface area contributed by atoms with E-state index in [-0.39, 0.29) is 16.4 Å². The zero-order valence-electron chi connectivity index (χ0n) is 14.7. The number of methoxy groups -OCH3 is 2. The second-order valence-electron chi connectivity index (χ2n) is 6.11. The molecular weight excluding hydrogens is 354 g/mol. The van der Waals surface area contributed by atoms with Gasteiger partial charge in [0.05, 0.1) is 24.7 Å². The summed E-state index contributed by atoms with van der Waals surface area (Å²) in [6, 6.07) is 13.8. The molecule has 0 radical (unpaired) electrons. The molecule has 2 aromatic carbocycles. The molecule has 0 spiro atoms. The van der Waals surface area contributed by atoms with Gasteiger partial charge in [-0.05, 0) is 42.2 Å². The topological polar surface area (TPSA) is 72.9 Å². The molecule has 0 unspecified atom stereocenters. The molecular formula is C19H21NO5S. The van der Waals surface area contributed by atoms with Gasteiger partial charge >= 0.3 is 5.97 Å². The van der Waals surface area contributed by atoms with Crippen LogP contribution in [0.25, 0.3) is 0 Å². The number of nitrogens with zero attached hydrogens (tertiary/aromatic N) is 1. The molecule has 138 valence electrons. The number of benzene rings is 2. The van der Waals surface area contributed by atoms with Gasteiger partial charge in [0.2, 0.25) is 10.0 Å². The maximum Gasteiger partial charge on any atom is 0.339 e. The van der Waals surface area contributed by atoms with E-state index in [4.69, 9.17) is 9.47 Å². The third-order valence-electron chi connectivity index (χ3n) is 4.65. The molecule has 3 rings (SSSR count). The first-order valence-corrected chi connectivity index (χ1v) is 9.73. The molecule has 1 fully saturated rings. The summed E-state index contributed by atoms with van der Waals surface area (Å²) < 4.78 is 37.4. The van der Waals surface area contributed by atoms with Gasteiger partial charge in [-0.25, -0.2) is 13.2 Å². The highest BCUT2D eigenvalue weighted by atomic mass is 32.2. The number of rotatable bonds is 5. The number of esters is 1. The molecule has 1 aliphatic rings. The van der Waals surface area contributed by atoms with Crippen LogP contribution in [0.15, 0.2) is 53.4 Å². The second kappa shape index (κ2) is 7.47. The van der Waals surface area contributed by atoms with Gasteiger partial charge in [0, 0.05) is 13.1 Å². The van der Waals surface area contributed by atoms with Gasteiger partial charge in [0.25, 0.3) is 0 Å². The van der Waals surface area contributed by atoms with Crippen molar-refractivity contribution in [1.29, 1.82) is 0 Å². The van der Waals surface area contributed by atoms with Crippen molar-refractivity contribution in [2.24, 2.45) is 0 Å². The van der Waals surface area contributed by atoms with Gasteiger partial charge < -0.3 is 9.47 Å². The standard InChI is InChI=1S/C19H21NO5S/c1-24-16-9-7-14(8-10-16)15-11-12-20(13-15)26(22,23)18-6-4-3-5-17(18)19(21)25-2/h3-10,15H,11-13H2,1-2H3/t15-/m1/s1. The highest BCUT2D eigenvalue weighted by molar-refractivity contribution is 7.89. The Morgan fingerprint density at radius 3 is 2.42 bits per heavy atom. The Hall–Kier alpha value is -2.38. The highest BCUT2D eigenvalue weighted by Gasteiger charge is 2.35. The first-order valence-electron chi connectivity index (χ1n) is 8.29. The lowest BCUT2D eigenvalue weighted by Crippen LogP contribution is -2.30. The molecule has 0 aromatic heterocycles. The molecule has 1 saturated heterocycles. The summed E-state index contributed by atoms with van der Waals surface area (Å²) in [4.78, 5) is 11.9. The molecule has 6 nitrogen and oxygen atoms in total. The van der Waals surface area contributed by atoms with E-state index in [1.807, 2.05) is 24.3 Å². The van der Waals surface area contributed by atoms with Crippen LogP contribution in [0, 0.1) is 0 Å². The number of hydrogen-bond acceptors (Lipinski definition) is 5. The van der Waals surface area contributed by atoms with E-state index in [0.29, 0.717) is 13.1 Å². The van der Waals surface area contributed by atoms with Crippen molar-refractivity contribution in [3.05, 3.63) is 59.7 Å². The number of sulfonamides is 1. The summed E-state index contributed by atoms with van der Waals surface area (Å²) in [6.45, 7) is 0.790. The molecule has 1 atom stereocenters.